The van der Waals surface area contributed by atoms with E-state index in [1.165, 1.54) is 13.2 Å². The molecule has 2 amide bonds. The predicted molar refractivity (Wildman–Crippen MR) is 118 cm³/mol. The van der Waals surface area contributed by atoms with Crippen molar-refractivity contribution in [3.05, 3.63) is 65.0 Å². The lowest BCUT2D eigenvalue weighted by molar-refractivity contribution is -0.132. The Morgan fingerprint density at radius 3 is 2.57 bits per heavy atom. The van der Waals surface area contributed by atoms with Gasteiger partial charge in [-0.1, -0.05) is 24.3 Å². The molecule has 2 heterocycles. The minimum atomic E-state index is -0.225. The second-order valence-electron chi connectivity index (χ2n) is 7.03. The minimum Gasteiger partial charge on any atom is -0.347 e. The number of carbonyl (C=O) groups excluding carboxylic acids is 2. The fourth-order valence-electron chi connectivity index (χ4n) is 3.06. The Labute approximate surface area is 177 Å². The summed E-state index contributed by atoms with van der Waals surface area (Å²) < 4.78 is 0. The molecule has 0 unspecified atom stereocenters. The van der Waals surface area contributed by atoms with Crippen LogP contribution < -0.4 is 16.4 Å². The van der Waals surface area contributed by atoms with E-state index in [2.05, 4.69) is 21.4 Å². The molecule has 30 heavy (non-hydrogen) atoms. The average molecular weight is 411 g/mol. The summed E-state index contributed by atoms with van der Waals surface area (Å²) in [6.07, 6.45) is 3.96. The smallest absolute Gasteiger partial charge is 0.253 e. The Kier molecular flexibility index (Phi) is 9.11. The zero-order chi connectivity index (χ0) is 21.9. The fraction of sp³-hybridized carbons (Fsp3) is 0.364. The lowest BCUT2D eigenvalue weighted by Gasteiger charge is -2.27. The standard InChI is InChI=1S/C21H25N5O2.CH5N/c1-15(22)10-25-21(28)19-9-18(11-24-12-19)8-16-2-4-17(5-3-16)14-26-7-6-23-13-20(26)27;1-2/h2-5,9,11-12,22-23H,6-8,10,13-14H2,1H3,(H,25,28);2H2,1H3. The fourth-order valence-corrected chi connectivity index (χ4v) is 3.06. The van der Waals surface area contributed by atoms with Crippen LogP contribution in [0.15, 0.2) is 42.7 Å². The third kappa shape index (κ3) is 7.06. The number of piperazine rings is 1. The normalized spacial score (nSPS) is 13.3. The van der Waals surface area contributed by atoms with Crippen molar-refractivity contribution >= 4 is 17.5 Å². The first kappa shape index (κ1) is 23.2. The second-order valence-corrected chi connectivity index (χ2v) is 7.03. The summed E-state index contributed by atoms with van der Waals surface area (Å²) in [5, 5.41) is 13.2. The monoisotopic (exact) mass is 410 g/mol. The highest BCUT2D eigenvalue weighted by Gasteiger charge is 2.17. The molecule has 1 aromatic heterocycles. The van der Waals surface area contributed by atoms with Crippen LogP contribution in [0.5, 0.6) is 0 Å². The first-order chi connectivity index (χ1) is 14.5. The SMILES string of the molecule is CC(=N)CNC(=O)c1cncc(Cc2ccc(CN3CCNCC3=O)cc2)c1.CN. The van der Waals surface area contributed by atoms with Gasteiger partial charge in [0, 0.05) is 37.7 Å². The molecule has 0 spiro atoms. The van der Waals surface area contributed by atoms with Gasteiger partial charge in [-0.05, 0) is 43.1 Å². The molecule has 8 nitrogen and oxygen atoms in total. The molecule has 8 heteroatoms. The summed E-state index contributed by atoms with van der Waals surface area (Å²) in [6, 6.07) is 10.0. The van der Waals surface area contributed by atoms with E-state index in [4.69, 9.17) is 5.41 Å². The van der Waals surface area contributed by atoms with Crippen molar-refractivity contribution < 1.29 is 9.59 Å². The minimum absolute atomic E-state index is 0.134. The molecule has 0 aliphatic carbocycles. The zero-order valence-electron chi connectivity index (χ0n) is 17.6. The van der Waals surface area contributed by atoms with Gasteiger partial charge in [0.05, 0.1) is 18.7 Å². The van der Waals surface area contributed by atoms with E-state index in [9.17, 15) is 9.59 Å². The molecule has 160 valence electrons. The number of aromatic nitrogens is 1. The Hall–Kier alpha value is -3.10. The van der Waals surface area contributed by atoms with Crippen LogP contribution in [0.4, 0.5) is 0 Å². The molecule has 0 saturated carbocycles. The molecule has 5 N–H and O–H groups in total. The molecule has 0 bridgehead atoms. The summed E-state index contributed by atoms with van der Waals surface area (Å²) in [5.74, 6) is -0.0910. The van der Waals surface area contributed by atoms with E-state index in [0.29, 0.717) is 30.8 Å². The first-order valence-corrected chi connectivity index (χ1v) is 9.91. The number of nitrogens with zero attached hydrogens (tertiary/aromatic N) is 2. The summed E-state index contributed by atoms with van der Waals surface area (Å²) in [5.41, 5.74) is 8.56. The van der Waals surface area contributed by atoms with Gasteiger partial charge in [-0.3, -0.25) is 14.6 Å². The van der Waals surface area contributed by atoms with Crippen LogP contribution in [0.3, 0.4) is 0 Å². The van der Waals surface area contributed by atoms with Gasteiger partial charge >= 0.3 is 0 Å². The van der Waals surface area contributed by atoms with Gasteiger partial charge in [0.15, 0.2) is 0 Å². The van der Waals surface area contributed by atoms with Crippen molar-refractivity contribution in [1.82, 2.24) is 20.5 Å². The molecular weight excluding hydrogens is 380 g/mol. The van der Waals surface area contributed by atoms with Crippen LogP contribution in [-0.4, -0.2) is 60.6 Å². The molecule has 3 rings (SSSR count). The first-order valence-electron chi connectivity index (χ1n) is 9.91. The molecule has 1 saturated heterocycles. The number of pyridine rings is 1. The van der Waals surface area contributed by atoms with E-state index < -0.39 is 0 Å². The molecular formula is C22H30N6O2. The van der Waals surface area contributed by atoms with Crippen LogP contribution in [0.2, 0.25) is 0 Å². The Morgan fingerprint density at radius 1 is 1.20 bits per heavy atom. The van der Waals surface area contributed by atoms with Crippen molar-refractivity contribution in [2.75, 3.05) is 33.2 Å². The van der Waals surface area contributed by atoms with E-state index in [1.54, 1.807) is 13.1 Å². The van der Waals surface area contributed by atoms with Gasteiger partial charge in [0.25, 0.3) is 5.91 Å². The molecule has 1 aliphatic heterocycles. The van der Waals surface area contributed by atoms with Crippen molar-refractivity contribution in [2.45, 2.75) is 19.9 Å². The van der Waals surface area contributed by atoms with Crippen LogP contribution >= 0.6 is 0 Å². The number of benzene rings is 1. The van der Waals surface area contributed by atoms with Gasteiger partial charge in [0.2, 0.25) is 5.91 Å². The lowest BCUT2D eigenvalue weighted by Crippen LogP contribution is -2.47. The maximum Gasteiger partial charge on any atom is 0.253 e. The van der Waals surface area contributed by atoms with Crippen LogP contribution in [0, 0.1) is 5.41 Å². The van der Waals surface area contributed by atoms with E-state index in [-0.39, 0.29) is 18.4 Å². The van der Waals surface area contributed by atoms with Crippen molar-refractivity contribution in [2.24, 2.45) is 5.73 Å². The van der Waals surface area contributed by atoms with Gasteiger partial charge < -0.3 is 26.7 Å². The maximum atomic E-state index is 12.1. The van der Waals surface area contributed by atoms with Crippen LogP contribution in [0.1, 0.15) is 34.0 Å². The Bertz CT molecular complexity index is 866. The molecule has 0 atom stereocenters. The van der Waals surface area contributed by atoms with Gasteiger partial charge in [-0.25, -0.2) is 0 Å². The number of hydrogen-bond donors (Lipinski definition) is 4. The Balaban J connectivity index is 0.00000155. The summed E-state index contributed by atoms with van der Waals surface area (Å²) >= 11 is 0. The maximum absolute atomic E-state index is 12.1. The van der Waals surface area contributed by atoms with Crippen LogP contribution in [0.25, 0.3) is 0 Å². The van der Waals surface area contributed by atoms with Crippen molar-refractivity contribution in [3.8, 4) is 0 Å². The second kappa shape index (κ2) is 11.8. The quantitative estimate of drug-likeness (QED) is 0.506. The highest BCUT2D eigenvalue weighted by atomic mass is 16.2. The van der Waals surface area contributed by atoms with E-state index >= 15 is 0 Å². The molecule has 2 aromatic rings. The number of rotatable bonds is 7. The topological polar surface area (TPSA) is 124 Å². The third-order valence-electron chi connectivity index (χ3n) is 4.56. The average Bonchev–Trinajstić information content (AvgIpc) is 2.76. The van der Waals surface area contributed by atoms with E-state index in [1.807, 2.05) is 35.2 Å². The molecule has 0 radical (unpaired) electrons. The number of nitrogens with one attached hydrogen (secondary N) is 3. The zero-order valence-corrected chi connectivity index (χ0v) is 17.6. The number of hydrogen-bond acceptors (Lipinski definition) is 6. The highest BCUT2D eigenvalue weighted by molar-refractivity contribution is 5.96. The highest BCUT2D eigenvalue weighted by Crippen LogP contribution is 2.13. The molecule has 1 aromatic carbocycles. The number of amides is 2. The van der Waals surface area contributed by atoms with Crippen molar-refractivity contribution in [1.29, 1.82) is 5.41 Å². The van der Waals surface area contributed by atoms with Gasteiger partial charge in [0.1, 0.15) is 0 Å². The summed E-state index contributed by atoms with van der Waals surface area (Å²) in [6.45, 7) is 4.49. The molecule has 1 aliphatic rings. The number of nitrogens with two attached hydrogens (primary N) is 1. The predicted octanol–water partition coefficient (Wildman–Crippen LogP) is 0.949. The molecule has 1 fully saturated rings. The van der Waals surface area contributed by atoms with Crippen LogP contribution in [-0.2, 0) is 17.8 Å². The lowest BCUT2D eigenvalue weighted by atomic mass is 10.0. The van der Waals surface area contributed by atoms with Gasteiger partial charge in [-0.2, -0.15) is 0 Å². The summed E-state index contributed by atoms with van der Waals surface area (Å²) in [4.78, 5) is 30.1. The summed E-state index contributed by atoms with van der Waals surface area (Å²) in [7, 11) is 1.50. The van der Waals surface area contributed by atoms with E-state index in [0.717, 1.165) is 29.8 Å². The van der Waals surface area contributed by atoms with Crippen molar-refractivity contribution in [3.63, 3.8) is 0 Å². The Morgan fingerprint density at radius 2 is 1.90 bits per heavy atom. The third-order valence-corrected chi connectivity index (χ3v) is 4.56. The van der Waals surface area contributed by atoms with Gasteiger partial charge in [-0.15, -0.1) is 0 Å². The largest absolute Gasteiger partial charge is 0.347 e. The number of carbonyl (C=O) groups is 2.